The fourth-order valence-corrected chi connectivity index (χ4v) is 6.57. The van der Waals surface area contributed by atoms with Crippen molar-refractivity contribution in [3.63, 3.8) is 0 Å². The van der Waals surface area contributed by atoms with Gasteiger partial charge in [-0.2, -0.15) is 0 Å². The molecule has 0 aromatic carbocycles. The van der Waals surface area contributed by atoms with E-state index in [1.165, 1.54) is 12.8 Å². The van der Waals surface area contributed by atoms with E-state index in [9.17, 15) is 9.90 Å². The van der Waals surface area contributed by atoms with Crippen LogP contribution in [0.4, 0.5) is 0 Å². The van der Waals surface area contributed by atoms with Crippen LogP contribution in [-0.2, 0) is 4.79 Å². The van der Waals surface area contributed by atoms with Crippen LogP contribution >= 0.6 is 0 Å². The zero-order chi connectivity index (χ0) is 18.8. The zero-order valence-corrected chi connectivity index (χ0v) is 17.1. The summed E-state index contributed by atoms with van der Waals surface area (Å²) in [5.74, 6) is 2.35. The molecule has 0 aromatic rings. The summed E-state index contributed by atoms with van der Waals surface area (Å²) in [6, 6.07) is 0. The molecule has 3 rings (SSSR count). The maximum atomic E-state index is 11.1. The SMILES string of the molecule is CC.CCCC1(C)C(NC=O)=CC(C)C2C3CC(O)CC3(C)CCC21. The van der Waals surface area contributed by atoms with Gasteiger partial charge in [0.2, 0.25) is 6.41 Å². The molecule has 2 N–H and O–H groups in total. The highest BCUT2D eigenvalue weighted by atomic mass is 16.3. The van der Waals surface area contributed by atoms with Gasteiger partial charge in [0.1, 0.15) is 0 Å². The van der Waals surface area contributed by atoms with Crippen LogP contribution < -0.4 is 5.32 Å². The summed E-state index contributed by atoms with van der Waals surface area (Å²) in [5.41, 5.74) is 1.53. The van der Waals surface area contributed by atoms with Crippen molar-refractivity contribution in [2.24, 2.45) is 34.5 Å². The van der Waals surface area contributed by atoms with Gasteiger partial charge in [-0.1, -0.05) is 54.0 Å². The minimum atomic E-state index is -0.119. The van der Waals surface area contributed by atoms with Crippen LogP contribution in [0.5, 0.6) is 0 Å². The number of allylic oxidation sites excluding steroid dienone is 2. The number of amides is 1. The third-order valence-corrected chi connectivity index (χ3v) is 7.53. The third-order valence-electron chi connectivity index (χ3n) is 7.53. The van der Waals surface area contributed by atoms with Crippen molar-refractivity contribution < 1.29 is 9.90 Å². The summed E-state index contributed by atoms with van der Waals surface area (Å²) in [4.78, 5) is 11.1. The Morgan fingerprint density at radius 3 is 2.60 bits per heavy atom. The monoisotopic (exact) mass is 349 g/mol. The molecule has 0 spiro atoms. The summed E-state index contributed by atoms with van der Waals surface area (Å²) < 4.78 is 0. The Morgan fingerprint density at radius 1 is 1.32 bits per heavy atom. The quantitative estimate of drug-likeness (QED) is 0.709. The molecule has 0 aliphatic heterocycles. The molecule has 1 amide bonds. The van der Waals surface area contributed by atoms with E-state index in [-0.39, 0.29) is 11.5 Å². The van der Waals surface area contributed by atoms with E-state index in [0.717, 1.165) is 37.8 Å². The fraction of sp³-hybridized carbons (Fsp3) is 0.864. The second kappa shape index (κ2) is 7.82. The number of rotatable bonds is 4. The molecule has 3 aliphatic rings. The van der Waals surface area contributed by atoms with Crippen LogP contribution in [0.2, 0.25) is 0 Å². The number of aliphatic hydroxyl groups is 1. The van der Waals surface area contributed by atoms with Gasteiger partial charge < -0.3 is 10.4 Å². The second-order valence-corrected chi connectivity index (χ2v) is 8.95. The van der Waals surface area contributed by atoms with Crippen LogP contribution in [0, 0.1) is 34.5 Å². The number of carbonyl (C=O) groups is 1. The van der Waals surface area contributed by atoms with Gasteiger partial charge in [-0.3, -0.25) is 4.79 Å². The molecule has 7 unspecified atom stereocenters. The fourth-order valence-electron chi connectivity index (χ4n) is 6.57. The molecule has 3 heteroatoms. The minimum Gasteiger partial charge on any atom is -0.393 e. The summed E-state index contributed by atoms with van der Waals surface area (Å²) in [6.45, 7) is 13.3. The second-order valence-electron chi connectivity index (χ2n) is 8.95. The van der Waals surface area contributed by atoms with Crippen molar-refractivity contribution in [3.05, 3.63) is 11.8 Å². The number of aliphatic hydroxyl groups excluding tert-OH is 1. The van der Waals surface area contributed by atoms with Gasteiger partial charge in [0.05, 0.1) is 6.10 Å². The van der Waals surface area contributed by atoms with Gasteiger partial charge in [-0.15, -0.1) is 0 Å². The molecule has 0 heterocycles. The lowest BCUT2D eigenvalue weighted by Crippen LogP contribution is -2.51. The van der Waals surface area contributed by atoms with E-state index in [1.807, 2.05) is 13.8 Å². The topological polar surface area (TPSA) is 49.3 Å². The summed E-state index contributed by atoms with van der Waals surface area (Å²) in [7, 11) is 0. The highest BCUT2D eigenvalue weighted by Crippen LogP contribution is 2.64. The van der Waals surface area contributed by atoms with Gasteiger partial charge in [0.25, 0.3) is 0 Å². The Bertz CT molecular complexity index is 502. The number of hydrogen-bond donors (Lipinski definition) is 2. The average molecular weight is 350 g/mol. The molecule has 2 saturated carbocycles. The predicted octanol–water partition coefficient (Wildman–Crippen LogP) is 4.90. The van der Waals surface area contributed by atoms with Crippen LogP contribution in [0.1, 0.15) is 80.1 Å². The lowest BCUT2D eigenvalue weighted by Gasteiger charge is -2.57. The lowest BCUT2D eigenvalue weighted by atomic mass is 9.48. The Labute approximate surface area is 154 Å². The van der Waals surface area contributed by atoms with Crippen molar-refractivity contribution in [2.75, 3.05) is 0 Å². The molecule has 144 valence electrons. The molecule has 0 bridgehead atoms. The summed E-state index contributed by atoms with van der Waals surface area (Å²) in [5, 5.41) is 13.3. The normalized spacial score (nSPS) is 45.4. The molecule has 0 radical (unpaired) electrons. The van der Waals surface area contributed by atoms with E-state index >= 15 is 0 Å². The van der Waals surface area contributed by atoms with Crippen molar-refractivity contribution in [3.8, 4) is 0 Å². The summed E-state index contributed by atoms with van der Waals surface area (Å²) in [6.07, 6.45) is 9.69. The third kappa shape index (κ3) is 3.41. The first-order chi connectivity index (χ1) is 11.9. The molecule has 7 atom stereocenters. The standard InChI is InChI=1S/C20H33NO2.C2H6/c1-5-7-20(4)15-6-8-19(3)11-14(23)10-16(19)18(15)13(2)9-17(20)21-12-22;1-2/h9,12-16,18,23H,5-8,10-11H2,1-4H3,(H,21,22);1-2H3. The number of nitrogens with one attached hydrogen (secondary N) is 1. The van der Waals surface area contributed by atoms with Crippen molar-refractivity contribution in [2.45, 2.75) is 86.2 Å². The Morgan fingerprint density at radius 2 is 2.00 bits per heavy atom. The molecular formula is C22H39NO2. The van der Waals surface area contributed by atoms with E-state index in [2.05, 4.69) is 39.1 Å². The zero-order valence-electron chi connectivity index (χ0n) is 17.1. The molecule has 3 aliphatic carbocycles. The van der Waals surface area contributed by atoms with Gasteiger partial charge in [0, 0.05) is 11.1 Å². The molecule has 3 nitrogen and oxygen atoms in total. The Kier molecular flexibility index (Phi) is 6.40. The number of hydrogen-bond acceptors (Lipinski definition) is 2. The van der Waals surface area contributed by atoms with Crippen molar-refractivity contribution in [1.82, 2.24) is 5.32 Å². The minimum absolute atomic E-state index is 0.0711. The highest BCUT2D eigenvalue weighted by Gasteiger charge is 2.58. The predicted molar refractivity (Wildman–Crippen MR) is 104 cm³/mol. The van der Waals surface area contributed by atoms with E-state index < -0.39 is 0 Å². The van der Waals surface area contributed by atoms with Crippen LogP contribution in [0.25, 0.3) is 0 Å². The molecular weight excluding hydrogens is 310 g/mol. The maximum absolute atomic E-state index is 11.1. The first-order valence-corrected chi connectivity index (χ1v) is 10.5. The average Bonchev–Trinajstić information content (AvgIpc) is 2.88. The van der Waals surface area contributed by atoms with Crippen LogP contribution in [0.15, 0.2) is 11.8 Å². The van der Waals surface area contributed by atoms with Gasteiger partial charge in [0.15, 0.2) is 0 Å². The smallest absolute Gasteiger partial charge is 0.211 e. The first-order valence-electron chi connectivity index (χ1n) is 10.5. The number of fused-ring (bicyclic) bond motifs is 3. The summed E-state index contributed by atoms with van der Waals surface area (Å²) >= 11 is 0. The Hall–Kier alpha value is -0.830. The van der Waals surface area contributed by atoms with Crippen molar-refractivity contribution >= 4 is 6.41 Å². The highest BCUT2D eigenvalue weighted by molar-refractivity contribution is 5.51. The van der Waals surface area contributed by atoms with Gasteiger partial charge in [-0.05, 0) is 61.2 Å². The molecule has 25 heavy (non-hydrogen) atoms. The van der Waals surface area contributed by atoms with Crippen LogP contribution in [0.3, 0.4) is 0 Å². The van der Waals surface area contributed by atoms with Crippen LogP contribution in [-0.4, -0.2) is 17.6 Å². The largest absolute Gasteiger partial charge is 0.393 e. The van der Waals surface area contributed by atoms with Gasteiger partial charge >= 0.3 is 0 Å². The molecule has 0 saturated heterocycles. The van der Waals surface area contributed by atoms with Gasteiger partial charge in [-0.25, -0.2) is 0 Å². The number of carbonyl (C=O) groups excluding carboxylic acids is 1. The van der Waals surface area contributed by atoms with E-state index in [0.29, 0.717) is 29.1 Å². The van der Waals surface area contributed by atoms with Crippen molar-refractivity contribution in [1.29, 1.82) is 0 Å². The molecule has 2 fully saturated rings. The van der Waals surface area contributed by atoms with E-state index in [1.54, 1.807) is 0 Å². The first kappa shape index (κ1) is 20.5. The van der Waals surface area contributed by atoms with E-state index in [4.69, 9.17) is 0 Å². The Balaban J connectivity index is 0.00000109. The lowest BCUT2D eigenvalue weighted by molar-refractivity contribution is -0.110. The molecule has 0 aromatic heterocycles. The maximum Gasteiger partial charge on any atom is 0.211 e.